The molecule has 0 unspecified atom stereocenters. The minimum atomic E-state index is -0.442. The van der Waals surface area contributed by atoms with Gasteiger partial charge in [-0.05, 0) is 19.1 Å². The van der Waals surface area contributed by atoms with Gasteiger partial charge in [-0.2, -0.15) is 0 Å². The third kappa shape index (κ3) is 1.88. The van der Waals surface area contributed by atoms with Crippen molar-refractivity contribution in [3.63, 3.8) is 0 Å². The van der Waals surface area contributed by atoms with Gasteiger partial charge in [0, 0.05) is 0 Å². The lowest BCUT2D eigenvalue weighted by atomic mass is 10.1. The Hall–Kier alpha value is -2.17. The van der Waals surface area contributed by atoms with Crippen LogP contribution in [0.15, 0.2) is 22.8 Å². The Labute approximate surface area is 104 Å². The summed E-state index contributed by atoms with van der Waals surface area (Å²) in [5.41, 5.74) is 0.808. The van der Waals surface area contributed by atoms with Gasteiger partial charge in [0.25, 0.3) is 0 Å². The van der Waals surface area contributed by atoms with Crippen LogP contribution in [0, 0.1) is 0 Å². The number of hydrogen-bond donors (Lipinski definition) is 0. The summed E-state index contributed by atoms with van der Waals surface area (Å²) in [5.74, 6) is 0.645. The Morgan fingerprint density at radius 3 is 2.50 bits per heavy atom. The van der Waals surface area contributed by atoms with E-state index in [2.05, 4.69) is 0 Å². The molecule has 5 heteroatoms. The topological polar surface area (TPSA) is 57.9 Å². The SMILES string of the molecule is CCOC(=O)c1coc2c(OC)ccc(OC)c12. The second-order valence-electron chi connectivity index (χ2n) is 3.54. The van der Waals surface area contributed by atoms with Gasteiger partial charge in [-0.15, -0.1) is 0 Å². The minimum Gasteiger partial charge on any atom is -0.496 e. The highest BCUT2D eigenvalue weighted by atomic mass is 16.5. The standard InChI is InChI=1S/C13H14O5/c1-4-17-13(14)8-7-18-12-10(16-3)6-5-9(15-2)11(8)12/h5-7H,4H2,1-3H3. The Kier molecular flexibility index (Phi) is 3.41. The number of rotatable bonds is 4. The molecule has 2 aromatic rings. The zero-order valence-corrected chi connectivity index (χ0v) is 10.5. The molecule has 5 nitrogen and oxygen atoms in total. The summed E-state index contributed by atoms with van der Waals surface area (Å²) in [6.07, 6.45) is 1.35. The molecule has 1 aromatic heterocycles. The lowest BCUT2D eigenvalue weighted by Gasteiger charge is -2.06. The van der Waals surface area contributed by atoms with E-state index in [-0.39, 0.29) is 0 Å². The van der Waals surface area contributed by atoms with Gasteiger partial charge in [-0.1, -0.05) is 0 Å². The maximum atomic E-state index is 11.8. The van der Waals surface area contributed by atoms with Crippen LogP contribution < -0.4 is 9.47 Å². The van der Waals surface area contributed by atoms with Crippen LogP contribution in [0.4, 0.5) is 0 Å². The maximum absolute atomic E-state index is 11.8. The molecule has 0 aliphatic rings. The van der Waals surface area contributed by atoms with Crippen LogP contribution in [0.1, 0.15) is 17.3 Å². The van der Waals surface area contributed by atoms with Crippen LogP contribution in [-0.2, 0) is 4.74 Å². The van der Waals surface area contributed by atoms with E-state index in [0.717, 1.165) is 0 Å². The first-order valence-electron chi connectivity index (χ1n) is 5.52. The molecule has 0 amide bonds. The summed E-state index contributed by atoms with van der Waals surface area (Å²) in [4.78, 5) is 11.8. The normalized spacial score (nSPS) is 10.4. The summed E-state index contributed by atoms with van der Waals surface area (Å²) >= 11 is 0. The molecule has 0 aliphatic carbocycles. The molecule has 0 N–H and O–H groups in total. The second-order valence-corrected chi connectivity index (χ2v) is 3.54. The minimum absolute atomic E-state index is 0.303. The molecule has 0 saturated heterocycles. The van der Waals surface area contributed by atoms with Crippen LogP contribution in [0.3, 0.4) is 0 Å². The van der Waals surface area contributed by atoms with Gasteiger partial charge in [-0.3, -0.25) is 0 Å². The highest BCUT2D eigenvalue weighted by molar-refractivity contribution is 6.07. The predicted molar refractivity (Wildman–Crippen MR) is 65.3 cm³/mol. The molecule has 0 saturated carbocycles. The molecular formula is C13H14O5. The molecule has 0 spiro atoms. The average molecular weight is 250 g/mol. The molecule has 0 radical (unpaired) electrons. The maximum Gasteiger partial charge on any atom is 0.342 e. The highest BCUT2D eigenvalue weighted by Gasteiger charge is 2.21. The molecule has 0 aliphatic heterocycles. The van der Waals surface area contributed by atoms with E-state index in [0.29, 0.717) is 34.6 Å². The summed E-state index contributed by atoms with van der Waals surface area (Å²) in [6.45, 7) is 2.05. The van der Waals surface area contributed by atoms with Crippen molar-refractivity contribution in [3.8, 4) is 11.5 Å². The van der Waals surface area contributed by atoms with Gasteiger partial charge < -0.3 is 18.6 Å². The predicted octanol–water partition coefficient (Wildman–Crippen LogP) is 2.63. The van der Waals surface area contributed by atoms with Gasteiger partial charge in [0.05, 0.1) is 26.2 Å². The average Bonchev–Trinajstić information content (AvgIpc) is 2.82. The van der Waals surface area contributed by atoms with E-state index < -0.39 is 5.97 Å². The van der Waals surface area contributed by atoms with Crippen molar-refractivity contribution >= 4 is 16.9 Å². The molecule has 96 valence electrons. The molecule has 0 atom stereocenters. The molecular weight excluding hydrogens is 236 g/mol. The number of carbonyl (C=O) groups excluding carboxylic acids is 1. The van der Waals surface area contributed by atoms with Gasteiger partial charge in [-0.25, -0.2) is 4.79 Å². The summed E-state index contributed by atoms with van der Waals surface area (Å²) in [5, 5.41) is 0.565. The molecule has 18 heavy (non-hydrogen) atoms. The lowest BCUT2D eigenvalue weighted by Crippen LogP contribution is -2.04. The fourth-order valence-corrected chi connectivity index (χ4v) is 1.78. The van der Waals surface area contributed by atoms with E-state index in [4.69, 9.17) is 18.6 Å². The Morgan fingerprint density at radius 2 is 1.89 bits per heavy atom. The van der Waals surface area contributed by atoms with Gasteiger partial charge in [0.1, 0.15) is 17.6 Å². The Morgan fingerprint density at radius 1 is 1.22 bits per heavy atom. The quantitative estimate of drug-likeness (QED) is 0.781. The molecule has 0 fully saturated rings. The van der Waals surface area contributed by atoms with Crippen molar-refractivity contribution in [1.82, 2.24) is 0 Å². The summed E-state index contributed by atoms with van der Waals surface area (Å²) in [6, 6.07) is 3.44. The number of benzene rings is 1. The van der Waals surface area contributed by atoms with E-state index in [1.165, 1.54) is 20.5 Å². The van der Waals surface area contributed by atoms with Gasteiger partial charge >= 0.3 is 5.97 Å². The Balaban J connectivity index is 2.65. The third-order valence-corrected chi connectivity index (χ3v) is 2.58. The fourth-order valence-electron chi connectivity index (χ4n) is 1.78. The first kappa shape index (κ1) is 12.3. The van der Waals surface area contributed by atoms with Crippen molar-refractivity contribution in [2.45, 2.75) is 6.92 Å². The van der Waals surface area contributed by atoms with Crippen LogP contribution in [0.2, 0.25) is 0 Å². The number of hydrogen-bond acceptors (Lipinski definition) is 5. The number of ether oxygens (including phenoxy) is 3. The smallest absolute Gasteiger partial charge is 0.342 e. The van der Waals surface area contributed by atoms with E-state index in [1.807, 2.05) is 0 Å². The van der Waals surface area contributed by atoms with E-state index in [9.17, 15) is 4.79 Å². The van der Waals surface area contributed by atoms with E-state index >= 15 is 0 Å². The van der Waals surface area contributed by atoms with Crippen molar-refractivity contribution in [2.75, 3.05) is 20.8 Å². The van der Waals surface area contributed by atoms with Crippen molar-refractivity contribution in [2.24, 2.45) is 0 Å². The van der Waals surface area contributed by atoms with Crippen molar-refractivity contribution < 1.29 is 23.4 Å². The van der Waals surface area contributed by atoms with Crippen LogP contribution in [0.25, 0.3) is 11.0 Å². The van der Waals surface area contributed by atoms with Crippen LogP contribution >= 0.6 is 0 Å². The van der Waals surface area contributed by atoms with Crippen molar-refractivity contribution in [3.05, 3.63) is 24.0 Å². The van der Waals surface area contributed by atoms with E-state index in [1.54, 1.807) is 19.1 Å². The number of furan rings is 1. The number of esters is 1. The third-order valence-electron chi connectivity index (χ3n) is 2.58. The summed E-state index contributed by atoms with van der Waals surface area (Å²) < 4.78 is 20.8. The van der Waals surface area contributed by atoms with Gasteiger partial charge in [0.2, 0.25) is 0 Å². The van der Waals surface area contributed by atoms with Crippen LogP contribution in [-0.4, -0.2) is 26.8 Å². The first-order chi connectivity index (χ1) is 8.72. The van der Waals surface area contributed by atoms with Crippen molar-refractivity contribution in [1.29, 1.82) is 0 Å². The zero-order valence-electron chi connectivity index (χ0n) is 10.5. The number of fused-ring (bicyclic) bond motifs is 1. The fraction of sp³-hybridized carbons (Fsp3) is 0.308. The van der Waals surface area contributed by atoms with Crippen LogP contribution in [0.5, 0.6) is 11.5 Å². The molecule has 0 bridgehead atoms. The molecule has 1 aromatic carbocycles. The Bertz CT molecular complexity index is 570. The number of methoxy groups -OCH3 is 2. The first-order valence-corrected chi connectivity index (χ1v) is 5.52. The second kappa shape index (κ2) is 5.00. The lowest BCUT2D eigenvalue weighted by molar-refractivity contribution is 0.0527. The highest BCUT2D eigenvalue weighted by Crippen LogP contribution is 2.37. The summed E-state index contributed by atoms with van der Waals surface area (Å²) in [7, 11) is 3.07. The molecule has 2 rings (SSSR count). The molecule has 1 heterocycles. The number of carbonyl (C=O) groups is 1. The zero-order chi connectivity index (χ0) is 13.1. The largest absolute Gasteiger partial charge is 0.496 e. The monoisotopic (exact) mass is 250 g/mol. The van der Waals surface area contributed by atoms with Gasteiger partial charge in [0.15, 0.2) is 11.3 Å².